The van der Waals surface area contributed by atoms with Gasteiger partial charge in [0.1, 0.15) is 24.0 Å². The number of rotatable bonds is 3. The quantitative estimate of drug-likeness (QED) is 0.880. The maximum atomic E-state index is 12.4. The van der Waals surface area contributed by atoms with Gasteiger partial charge in [-0.15, -0.1) is 0 Å². The highest BCUT2D eigenvalue weighted by molar-refractivity contribution is 6.05. The van der Waals surface area contributed by atoms with Crippen molar-refractivity contribution in [3.63, 3.8) is 0 Å². The van der Waals surface area contributed by atoms with Crippen molar-refractivity contribution in [3.8, 4) is 5.75 Å². The molecule has 2 heterocycles. The Morgan fingerprint density at radius 1 is 1.04 bits per heavy atom. The number of amides is 1. The van der Waals surface area contributed by atoms with Crippen LogP contribution < -0.4 is 9.64 Å². The van der Waals surface area contributed by atoms with E-state index in [2.05, 4.69) is 0 Å². The van der Waals surface area contributed by atoms with Crippen LogP contribution in [0.1, 0.15) is 11.7 Å². The lowest BCUT2D eigenvalue weighted by atomic mass is 9.91. The number of aliphatic hydroxyl groups is 1. The van der Waals surface area contributed by atoms with Gasteiger partial charge in [0, 0.05) is 5.69 Å². The first-order chi connectivity index (χ1) is 11.2. The zero-order chi connectivity index (χ0) is 16.0. The second-order valence-electron chi connectivity index (χ2n) is 5.78. The number of β-lactam (4-membered cyclic amide) rings is 1. The first-order valence-electron chi connectivity index (χ1n) is 7.56. The fourth-order valence-electron chi connectivity index (χ4n) is 3.33. The zero-order valence-electron chi connectivity index (χ0n) is 12.6. The summed E-state index contributed by atoms with van der Waals surface area (Å²) in [4.78, 5) is 14.0. The molecule has 0 saturated carbocycles. The number of benzene rings is 2. The molecule has 2 aliphatic rings. The van der Waals surface area contributed by atoms with Crippen LogP contribution in [-0.2, 0) is 9.53 Å². The first kappa shape index (κ1) is 14.2. The van der Waals surface area contributed by atoms with Crippen LogP contribution in [0.4, 0.5) is 5.69 Å². The minimum Gasteiger partial charge on any atom is -0.497 e. The molecule has 0 aliphatic carbocycles. The molecule has 0 spiro atoms. The van der Waals surface area contributed by atoms with Gasteiger partial charge in [0.15, 0.2) is 6.10 Å². The molecule has 2 aromatic carbocycles. The molecule has 0 bridgehead atoms. The van der Waals surface area contributed by atoms with Crippen molar-refractivity contribution in [3.05, 3.63) is 60.2 Å². The van der Waals surface area contributed by atoms with Gasteiger partial charge in [-0.05, 0) is 29.8 Å². The summed E-state index contributed by atoms with van der Waals surface area (Å²) in [6.07, 6.45) is -1.79. The SMILES string of the molecule is COc1ccc(N2C(=O)[C@@H]3O[C@H](c4ccccc4)[C@@H](O)[C@@H]32)cc1. The van der Waals surface area contributed by atoms with E-state index in [4.69, 9.17) is 9.47 Å². The number of ether oxygens (including phenoxy) is 2. The average Bonchev–Trinajstić information content (AvgIpc) is 2.89. The van der Waals surface area contributed by atoms with Crippen LogP contribution >= 0.6 is 0 Å². The lowest BCUT2D eigenvalue weighted by Crippen LogP contribution is -2.66. The monoisotopic (exact) mass is 311 g/mol. The Bertz CT molecular complexity index is 716. The van der Waals surface area contributed by atoms with Crippen molar-refractivity contribution in [1.82, 2.24) is 0 Å². The fourth-order valence-corrected chi connectivity index (χ4v) is 3.33. The van der Waals surface area contributed by atoms with E-state index in [1.165, 1.54) is 0 Å². The number of nitrogens with zero attached hydrogens (tertiary/aromatic N) is 1. The number of carbonyl (C=O) groups is 1. The standard InChI is InChI=1S/C18H17NO4/c1-22-13-9-7-12(8-10-13)19-14-15(20)16(23-17(14)18(19)21)11-5-3-2-4-6-11/h2-10,14-17,20H,1H3/t14-,15-,16+,17+/m0/s1. The van der Waals surface area contributed by atoms with E-state index in [1.54, 1.807) is 24.1 Å². The number of hydrogen-bond acceptors (Lipinski definition) is 4. The van der Waals surface area contributed by atoms with Gasteiger partial charge in [-0.1, -0.05) is 30.3 Å². The average molecular weight is 311 g/mol. The Morgan fingerprint density at radius 2 is 1.74 bits per heavy atom. The minimum atomic E-state index is -0.748. The van der Waals surface area contributed by atoms with Gasteiger partial charge in [-0.25, -0.2) is 0 Å². The van der Waals surface area contributed by atoms with Crippen molar-refractivity contribution in [2.45, 2.75) is 24.4 Å². The van der Waals surface area contributed by atoms with E-state index >= 15 is 0 Å². The Kier molecular flexibility index (Phi) is 3.32. The lowest BCUT2D eigenvalue weighted by molar-refractivity contribution is -0.137. The highest BCUT2D eigenvalue weighted by Gasteiger charge is 2.60. The Labute approximate surface area is 134 Å². The van der Waals surface area contributed by atoms with Crippen LogP contribution in [0.25, 0.3) is 0 Å². The molecular weight excluding hydrogens is 294 g/mol. The maximum Gasteiger partial charge on any atom is 0.258 e. The third-order valence-electron chi connectivity index (χ3n) is 4.52. The van der Waals surface area contributed by atoms with Crippen LogP contribution in [0.5, 0.6) is 5.75 Å². The molecule has 5 heteroatoms. The Morgan fingerprint density at radius 3 is 2.39 bits per heavy atom. The highest BCUT2D eigenvalue weighted by Crippen LogP contribution is 2.44. The van der Waals surface area contributed by atoms with Gasteiger partial charge < -0.3 is 19.5 Å². The number of fused-ring (bicyclic) bond motifs is 1. The molecule has 118 valence electrons. The number of anilines is 1. The molecule has 5 nitrogen and oxygen atoms in total. The van der Waals surface area contributed by atoms with Crippen LogP contribution in [-0.4, -0.2) is 36.4 Å². The van der Waals surface area contributed by atoms with Crippen molar-refractivity contribution in [1.29, 1.82) is 0 Å². The maximum absolute atomic E-state index is 12.4. The predicted octanol–water partition coefficient (Wildman–Crippen LogP) is 1.91. The molecule has 4 atom stereocenters. The third-order valence-corrected chi connectivity index (χ3v) is 4.52. The van der Waals surface area contributed by atoms with Crippen molar-refractivity contribution in [2.24, 2.45) is 0 Å². The van der Waals surface area contributed by atoms with Gasteiger partial charge in [0.2, 0.25) is 0 Å². The summed E-state index contributed by atoms with van der Waals surface area (Å²) in [6.45, 7) is 0. The number of methoxy groups -OCH3 is 1. The van der Waals surface area contributed by atoms with E-state index in [9.17, 15) is 9.90 Å². The van der Waals surface area contributed by atoms with Gasteiger partial charge in [0.25, 0.3) is 5.91 Å². The van der Waals surface area contributed by atoms with E-state index in [-0.39, 0.29) is 11.9 Å². The fraction of sp³-hybridized carbons (Fsp3) is 0.278. The topological polar surface area (TPSA) is 59.0 Å². The predicted molar refractivity (Wildman–Crippen MR) is 84.3 cm³/mol. The number of aliphatic hydroxyl groups excluding tert-OH is 1. The second kappa shape index (κ2) is 5.37. The van der Waals surface area contributed by atoms with Crippen molar-refractivity contribution < 1.29 is 19.4 Å². The molecule has 2 aliphatic heterocycles. The van der Waals surface area contributed by atoms with Gasteiger partial charge in [-0.2, -0.15) is 0 Å². The summed E-state index contributed by atoms with van der Waals surface area (Å²) >= 11 is 0. The molecule has 0 unspecified atom stereocenters. The van der Waals surface area contributed by atoms with Crippen LogP contribution in [0.3, 0.4) is 0 Å². The molecule has 1 N–H and O–H groups in total. The molecular formula is C18H17NO4. The second-order valence-corrected chi connectivity index (χ2v) is 5.78. The third kappa shape index (κ3) is 2.12. The van der Waals surface area contributed by atoms with Crippen LogP contribution in [0.2, 0.25) is 0 Å². The summed E-state index contributed by atoms with van der Waals surface area (Å²) in [5.74, 6) is 0.612. The Hall–Kier alpha value is -2.37. The molecule has 0 aromatic heterocycles. The zero-order valence-corrected chi connectivity index (χ0v) is 12.6. The Balaban J connectivity index is 1.60. The summed E-state index contributed by atoms with van der Waals surface area (Å²) in [6, 6.07) is 16.4. The summed E-state index contributed by atoms with van der Waals surface area (Å²) in [7, 11) is 1.60. The van der Waals surface area contributed by atoms with Gasteiger partial charge in [0.05, 0.1) is 7.11 Å². The molecule has 1 amide bonds. The van der Waals surface area contributed by atoms with Crippen molar-refractivity contribution in [2.75, 3.05) is 12.0 Å². The lowest BCUT2D eigenvalue weighted by Gasteiger charge is -2.43. The normalized spacial score (nSPS) is 29.1. The van der Waals surface area contributed by atoms with E-state index < -0.39 is 18.3 Å². The largest absolute Gasteiger partial charge is 0.497 e. The minimum absolute atomic E-state index is 0.113. The molecule has 2 fully saturated rings. The van der Waals surface area contributed by atoms with E-state index in [0.717, 1.165) is 17.0 Å². The summed E-state index contributed by atoms with van der Waals surface area (Å²) in [5, 5.41) is 10.6. The number of hydrogen-bond donors (Lipinski definition) is 1. The molecule has 0 radical (unpaired) electrons. The van der Waals surface area contributed by atoms with E-state index in [1.807, 2.05) is 42.5 Å². The molecule has 2 saturated heterocycles. The number of carbonyl (C=O) groups excluding carboxylic acids is 1. The first-order valence-corrected chi connectivity index (χ1v) is 7.56. The molecule has 23 heavy (non-hydrogen) atoms. The van der Waals surface area contributed by atoms with Gasteiger partial charge in [-0.3, -0.25) is 4.79 Å². The van der Waals surface area contributed by atoms with Crippen LogP contribution in [0, 0.1) is 0 Å². The van der Waals surface area contributed by atoms with Crippen molar-refractivity contribution >= 4 is 11.6 Å². The van der Waals surface area contributed by atoms with E-state index in [0.29, 0.717) is 0 Å². The van der Waals surface area contributed by atoms with Gasteiger partial charge >= 0.3 is 0 Å². The molecule has 2 aromatic rings. The molecule has 4 rings (SSSR count). The smallest absolute Gasteiger partial charge is 0.258 e. The summed E-state index contributed by atoms with van der Waals surface area (Å²) < 4.78 is 10.9. The van der Waals surface area contributed by atoms with Crippen LogP contribution in [0.15, 0.2) is 54.6 Å². The summed E-state index contributed by atoms with van der Waals surface area (Å²) in [5.41, 5.74) is 1.63. The highest BCUT2D eigenvalue weighted by atomic mass is 16.5.